The Morgan fingerprint density at radius 2 is 1.80 bits per heavy atom. The van der Waals surface area contributed by atoms with E-state index < -0.39 is 6.04 Å². The van der Waals surface area contributed by atoms with E-state index >= 15 is 0 Å². The van der Waals surface area contributed by atoms with Gasteiger partial charge in [0, 0.05) is 36.6 Å². The van der Waals surface area contributed by atoms with Gasteiger partial charge in [0.2, 0.25) is 5.91 Å². The van der Waals surface area contributed by atoms with Gasteiger partial charge >= 0.3 is 0 Å². The van der Waals surface area contributed by atoms with Crippen LogP contribution in [0.4, 0.5) is 0 Å². The maximum atomic E-state index is 14.0. The highest BCUT2D eigenvalue weighted by molar-refractivity contribution is 6.06. The molecule has 2 saturated carbocycles. The second-order valence-electron chi connectivity index (χ2n) is 13.7. The van der Waals surface area contributed by atoms with Crippen LogP contribution in [0.3, 0.4) is 0 Å². The number of benzene rings is 1. The summed E-state index contributed by atoms with van der Waals surface area (Å²) < 4.78 is 1.75. The Bertz CT molecular complexity index is 1400. The molecule has 6 rings (SSSR count). The van der Waals surface area contributed by atoms with Crippen LogP contribution in [-0.2, 0) is 27.3 Å². The summed E-state index contributed by atoms with van der Waals surface area (Å²) in [5.74, 6) is 0.727. The van der Waals surface area contributed by atoms with E-state index in [1.165, 1.54) is 18.4 Å². The van der Waals surface area contributed by atoms with Gasteiger partial charge in [0.05, 0.1) is 11.6 Å². The smallest absolute Gasteiger partial charge is 0.245 e. The predicted molar refractivity (Wildman–Crippen MR) is 153 cm³/mol. The lowest BCUT2D eigenvalue weighted by atomic mass is 9.79. The third-order valence-corrected chi connectivity index (χ3v) is 10.4. The Labute approximate surface area is 237 Å². The fraction of sp³-hybridized carbons (Fsp3) is 0.667. The summed E-state index contributed by atoms with van der Waals surface area (Å²) in [5.41, 5.74) is 3.24. The van der Waals surface area contributed by atoms with Crippen LogP contribution in [0.25, 0.3) is 10.9 Å². The molecule has 3 fully saturated rings. The molecule has 2 aromatic rings. The number of Topliss-reactive ketones (excluding diaryl/α,β-unsaturated/α-hetero) is 3. The first-order valence-electron chi connectivity index (χ1n) is 15.5. The zero-order valence-corrected chi connectivity index (χ0v) is 24.6. The summed E-state index contributed by atoms with van der Waals surface area (Å²) >= 11 is 0. The number of aryl methyl sites for hydroxylation is 1. The first-order chi connectivity index (χ1) is 19.0. The number of amides is 1. The van der Waals surface area contributed by atoms with Gasteiger partial charge < -0.3 is 4.90 Å². The van der Waals surface area contributed by atoms with Crippen molar-refractivity contribution in [3.63, 3.8) is 0 Å². The maximum Gasteiger partial charge on any atom is 0.245 e. The molecule has 0 spiro atoms. The van der Waals surface area contributed by atoms with Crippen LogP contribution in [-0.4, -0.2) is 50.0 Å². The molecule has 0 unspecified atom stereocenters. The minimum Gasteiger partial charge on any atom is -0.327 e. The molecule has 3 heterocycles. The van der Waals surface area contributed by atoms with Crippen molar-refractivity contribution < 1.29 is 19.2 Å². The molecule has 3 atom stereocenters. The van der Waals surface area contributed by atoms with Gasteiger partial charge in [-0.2, -0.15) is 5.10 Å². The minimum absolute atomic E-state index is 0.00198. The number of ketones is 3. The van der Waals surface area contributed by atoms with Crippen molar-refractivity contribution in [1.29, 1.82) is 0 Å². The van der Waals surface area contributed by atoms with Crippen LogP contribution >= 0.6 is 0 Å². The lowest BCUT2D eigenvalue weighted by Gasteiger charge is -2.27. The highest BCUT2D eigenvalue weighted by Crippen LogP contribution is 2.62. The molecule has 40 heavy (non-hydrogen) atoms. The third-order valence-electron chi connectivity index (χ3n) is 10.4. The van der Waals surface area contributed by atoms with E-state index in [4.69, 9.17) is 5.10 Å². The van der Waals surface area contributed by atoms with Crippen LogP contribution in [0.5, 0.6) is 0 Å². The van der Waals surface area contributed by atoms with Crippen molar-refractivity contribution in [2.45, 2.75) is 129 Å². The van der Waals surface area contributed by atoms with E-state index in [9.17, 15) is 19.2 Å². The topological polar surface area (TPSA) is 89.3 Å². The standard InChI is InChI=1S/C33H43N3O4/c1-5-26(38)25-17-33-14-12-28(39)32(3,4)13-8-6-7-9-22-15-23(21-10-11-21)16-24-30(20(2)37)34-35(31(22)24)19-29(40)36(25)27(33)18-33/h15-16,21,25,27H,5-14,17-19H2,1-4H3/t25-,27+,33-/m0/s1. The molecule has 2 aliphatic heterocycles. The number of rotatable bonds is 4. The van der Waals surface area contributed by atoms with Crippen LogP contribution in [0, 0.1) is 10.8 Å². The Hall–Kier alpha value is -2.83. The van der Waals surface area contributed by atoms with E-state index in [1.54, 1.807) is 11.6 Å². The van der Waals surface area contributed by atoms with Gasteiger partial charge in [-0.25, -0.2) is 0 Å². The van der Waals surface area contributed by atoms with E-state index in [2.05, 4.69) is 26.0 Å². The van der Waals surface area contributed by atoms with Crippen molar-refractivity contribution in [3.05, 3.63) is 29.0 Å². The Morgan fingerprint density at radius 3 is 2.50 bits per heavy atom. The SMILES string of the molecule is CCC(=O)[C@@H]1C[C@]23CCC(=O)C(C)(C)CCCCCc4cc(C5CC5)cc5c(C(C)=O)nn(c45)CC(=O)N1[C@@H]2C3. The molecular formula is C33H43N3O4. The molecule has 0 N–H and O–H groups in total. The lowest BCUT2D eigenvalue weighted by molar-refractivity contribution is -0.139. The van der Waals surface area contributed by atoms with Crippen LogP contribution in [0.2, 0.25) is 0 Å². The summed E-state index contributed by atoms with van der Waals surface area (Å²) in [6, 6.07) is 3.97. The highest BCUT2D eigenvalue weighted by atomic mass is 16.2. The van der Waals surface area contributed by atoms with Crippen molar-refractivity contribution in [1.82, 2.24) is 14.7 Å². The molecule has 214 valence electrons. The molecule has 7 heteroatoms. The van der Waals surface area contributed by atoms with Crippen molar-refractivity contribution in [3.8, 4) is 0 Å². The summed E-state index contributed by atoms with van der Waals surface area (Å²) in [6.45, 7) is 7.57. The first kappa shape index (κ1) is 27.3. The van der Waals surface area contributed by atoms with Crippen LogP contribution in [0.15, 0.2) is 12.1 Å². The Balaban J connectivity index is 1.42. The van der Waals surface area contributed by atoms with Gasteiger partial charge in [0.15, 0.2) is 11.6 Å². The third kappa shape index (κ3) is 4.73. The molecule has 1 aromatic heterocycles. The lowest BCUT2D eigenvalue weighted by Crippen LogP contribution is -2.44. The van der Waals surface area contributed by atoms with E-state index in [1.807, 2.05) is 11.8 Å². The minimum atomic E-state index is -0.437. The molecule has 1 amide bonds. The second-order valence-corrected chi connectivity index (χ2v) is 13.7. The van der Waals surface area contributed by atoms with Crippen LogP contribution in [0.1, 0.15) is 126 Å². The molecule has 7 nitrogen and oxygen atoms in total. The molecule has 1 aromatic carbocycles. The average molecular weight is 546 g/mol. The fourth-order valence-corrected chi connectivity index (χ4v) is 7.62. The molecule has 0 radical (unpaired) electrons. The van der Waals surface area contributed by atoms with Gasteiger partial charge in [0.25, 0.3) is 0 Å². The molecule has 1 saturated heterocycles. The van der Waals surface area contributed by atoms with Crippen molar-refractivity contribution >= 4 is 34.2 Å². The zero-order chi connectivity index (χ0) is 28.4. The molecule has 2 aliphatic carbocycles. The number of nitrogens with zero attached hydrogens (tertiary/aromatic N) is 3. The summed E-state index contributed by atoms with van der Waals surface area (Å²) in [6.07, 6.45) is 10.2. The zero-order valence-electron chi connectivity index (χ0n) is 24.6. The number of aromatic nitrogens is 2. The highest BCUT2D eigenvalue weighted by Gasteiger charge is 2.66. The Kier molecular flexibility index (Phi) is 6.78. The number of hydrogen-bond acceptors (Lipinski definition) is 5. The van der Waals surface area contributed by atoms with Gasteiger partial charge in [-0.1, -0.05) is 39.7 Å². The normalized spacial score (nSPS) is 28.9. The summed E-state index contributed by atoms with van der Waals surface area (Å²) in [5, 5.41) is 5.59. The van der Waals surface area contributed by atoms with E-state index in [0.717, 1.165) is 61.4 Å². The molecule has 2 bridgehead atoms. The van der Waals surface area contributed by atoms with Gasteiger partial charge in [-0.3, -0.25) is 23.9 Å². The molecule has 4 aliphatic rings. The van der Waals surface area contributed by atoms with Crippen molar-refractivity contribution in [2.24, 2.45) is 10.8 Å². The fourth-order valence-electron chi connectivity index (χ4n) is 7.62. The second kappa shape index (κ2) is 9.92. The number of carbonyl (C=O) groups excluding carboxylic acids is 4. The predicted octanol–water partition coefficient (Wildman–Crippen LogP) is 5.95. The average Bonchev–Trinajstić information content (AvgIpc) is 3.83. The van der Waals surface area contributed by atoms with Gasteiger partial charge in [-0.05, 0) is 79.9 Å². The van der Waals surface area contributed by atoms with E-state index in [-0.39, 0.29) is 40.9 Å². The monoisotopic (exact) mass is 545 g/mol. The summed E-state index contributed by atoms with van der Waals surface area (Å²) in [7, 11) is 0. The largest absolute Gasteiger partial charge is 0.327 e. The maximum absolute atomic E-state index is 14.0. The van der Waals surface area contributed by atoms with Gasteiger partial charge in [0.1, 0.15) is 18.0 Å². The number of carbonyl (C=O) groups is 4. The quantitative estimate of drug-likeness (QED) is 0.443. The van der Waals surface area contributed by atoms with Crippen molar-refractivity contribution in [2.75, 3.05) is 0 Å². The Morgan fingerprint density at radius 1 is 1.02 bits per heavy atom. The number of hydrogen-bond donors (Lipinski definition) is 0. The van der Waals surface area contributed by atoms with E-state index in [0.29, 0.717) is 36.7 Å². The summed E-state index contributed by atoms with van der Waals surface area (Å²) in [4.78, 5) is 55.0. The van der Waals surface area contributed by atoms with Crippen LogP contribution < -0.4 is 0 Å². The first-order valence-corrected chi connectivity index (χ1v) is 15.5. The number of piperidine rings is 1. The molecular weight excluding hydrogens is 502 g/mol. The van der Waals surface area contributed by atoms with Gasteiger partial charge in [-0.15, -0.1) is 0 Å².